The fourth-order valence-corrected chi connectivity index (χ4v) is 1.93. The molecular formula is C14H22FN3O. The minimum Gasteiger partial charge on any atom is -0.360 e. The molecule has 0 unspecified atom stereocenters. The maximum atomic E-state index is 14.1. The van der Waals surface area contributed by atoms with Gasteiger partial charge in [-0.2, -0.15) is 0 Å². The maximum Gasteiger partial charge on any atom is 0.239 e. The Morgan fingerprint density at radius 1 is 1.37 bits per heavy atom. The first-order valence-corrected chi connectivity index (χ1v) is 6.50. The van der Waals surface area contributed by atoms with Crippen LogP contribution in [0.15, 0.2) is 18.2 Å². The van der Waals surface area contributed by atoms with Gasteiger partial charge in [-0.25, -0.2) is 4.39 Å². The SMILES string of the molecule is CCCN(CC(=O)NC)c1ccc(CNC)cc1F. The maximum absolute atomic E-state index is 14.1. The van der Waals surface area contributed by atoms with E-state index in [4.69, 9.17) is 0 Å². The van der Waals surface area contributed by atoms with Gasteiger partial charge in [-0.05, 0) is 31.2 Å². The van der Waals surface area contributed by atoms with Crippen LogP contribution in [0.3, 0.4) is 0 Å². The number of benzene rings is 1. The molecule has 106 valence electrons. The van der Waals surface area contributed by atoms with Gasteiger partial charge in [0.05, 0.1) is 12.2 Å². The highest BCUT2D eigenvalue weighted by atomic mass is 19.1. The van der Waals surface area contributed by atoms with Gasteiger partial charge in [0, 0.05) is 20.1 Å². The van der Waals surface area contributed by atoms with E-state index in [1.54, 1.807) is 18.0 Å². The molecule has 1 rings (SSSR count). The molecule has 0 aliphatic heterocycles. The lowest BCUT2D eigenvalue weighted by atomic mass is 10.1. The molecule has 1 aromatic rings. The first-order chi connectivity index (χ1) is 9.12. The summed E-state index contributed by atoms with van der Waals surface area (Å²) in [5, 5.41) is 5.54. The van der Waals surface area contributed by atoms with Gasteiger partial charge in [-0.1, -0.05) is 13.0 Å². The molecule has 0 bridgehead atoms. The Morgan fingerprint density at radius 2 is 2.11 bits per heavy atom. The van der Waals surface area contributed by atoms with Crippen LogP contribution in [0, 0.1) is 5.82 Å². The van der Waals surface area contributed by atoms with Crippen LogP contribution in [-0.4, -0.2) is 33.1 Å². The second-order valence-electron chi connectivity index (χ2n) is 4.41. The lowest BCUT2D eigenvalue weighted by Gasteiger charge is -2.24. The van der Waals surface area contributed by atoms with Crippen molar-refractivity contribution in [2.45, 2.75) is 19.9 Å². The van der Waals surface area contributed by atoms with Crippen molar-refractivity contribution < 1.29 is 9.18 Å². The molecule has 0 aromatic heterocycles. The number of rotatable bonds is 7. The van der Waals surface area contributed by atoms with Crippen molar-refractivity contribution in [1.29, 1.82) is 0 Å². The number of carbonyl (C=O) groups is 1. The van der Waals surface area contributed by atoms with Crippen molar-refractivity contribution in [3.8, 4) is 0 Å². The van der Waals surface area contributed by atoms with Gasteiger partial charge in [0.2, 0.25) is 5.91 Å². The zero-order valence-corrected chi connectivity index (χ0v) is 11.8. The zero-order chi connectivity index (χ0) is 14.3. The zero-order valence-electron chi connectivity index (χ0n) is 11.8. The number of amides is 1. The van der Waals surface area contributed by atoms with Gasteiger partial charge in [-0.3, -0.25) is 4.79 Å². The van der Waals surface area contributed by atoms with Crippen molar-refractivity contribution in [3.63, 3.8) is 0 Å². The van der Waals surface area contributed by atoms with Gasteiger partial charge in [-0.15, -0.1) is 0 Å². The molecule has 0 fully saturated rings. The molecule has 0 aliphatic rings. The fraction of sp³-hybridized carbons (Fsp3) is 0.500. The van der Waals surface area contributed by atoms with E-state index in [0.717, 1.165) is 12.0 Å². The van der Waals surface area contributed by atoms with Crippen molar-refractivity contribution in [2.24, 2.45) is 0 Å². The Morgan fingerprint density at radius 3 is 2.63 bits per heavy atom. The summed E-state index contributed by atoms with van der Waals surface area (Å²) in [7, 11) is 3.40. The van der Waals surface area contributed by atoms with E-state index in [0.29, 0.717) is 18.8 Å². The monoisotopic (exact) mass is 267 g/mol. The van der Waals surface area contributed by atoms with Crippen LogP contribution in [-0.2, 0) is 11.3 Å². The van der Waals surface area contributed by atoms with Gasteiger partial charge in [0.1, 0.15) is 5.82 Å². The molecule has 0 heterocycles. The number of hydrogen-bond acceptors (Lipinski definition) is 3. The summed E-state index contributed by atoms with van der Waals surface area (Å²) < 4.78 is 14.1. The lowest BCUT2D eigenvalue weighted by Crippen LogP contribution is -2.36. The predicted molar refractivity (Wildman–Crippen MR) is 75.7 cm³/mol. The van der Waals surface area contributed by atoms with Crippen LogP contribution in [0.2, 0.25) is 0 Å². The highest BCUT2D eigenvalue weighted by molar-refractivity contribution is 5.81. The third-order valence-corrected chi connectivity index (χ3v) is 2.84. The number of anilines is 1. The van der Waals surface area contributed by atoms with Gasteiger partial charge >= 0.3 is 0 Å². The number of nitrogens with zero attached hydrogens (tertiary/aromatic N) is 1. The van der Waals surface area contributed by atoms with E-state index >= 15 is 0 Å². The molecule has 4 nitrogen and oxygen atoms in total. The van der Waals surface area contributed by atoms with E-state index < -0.39 is 0 Å². The highest BCUT2D eigenvalue weighted by Gasteiger charge is 2.14. The predicted octanol–water partition coefficient (Wildman–Crippen LogP) is 1.51. The summed E-state index contributed by atoms with van der Waals surface area (Å²) in [6, 6.07) is 5.13. The minimum atomic E-state index is -0.287. The molecule has 0 saturated heterocycles. The molecular weight excluding hydrogens is 245 g/mol. The number of nitrogens with one attached hydrogen (secondary N) is 2. The number of hydrogen-bond donors (Lipinski definition) is 2. The summed E-state index contributed by atoms with van der Waals surface area (Å²) in [4.78, 5) is 13.2. The van der Waals surface area contributed by atoms with Gasteiger partial charge < -0.3 is 15.5 Å². The third kappa shape index (κ3) is 4.52. The molecule has 2 N–H and O–H groups in total. The lowest BCUT2D eigenvalue weighted by molar-refractivity contribution is -0.119. The van der Waals surface area contributed by atoms with Crippen LogP contribution in [0.25, 0.3) is 0 Å². The Balaban J connectivity index is 2.92. The Labute approximate surface area is 114 Å². The molecule has 1 amide bonds. The van der Waals surface area contributed by atoms with Gasteiger partial charge in [0.15, 0.2) is 0 Å². The van der Waals surface area contributed by atoms with Gasteiger partial charge in [0.25, 0.3) is 0 Å². The van der Waals surface area contributed by atoms with E-state index in [1.807, 2.05) is 20.0 Å². The number of carbonyl (C=O) groups excluding carboxylic acids is 1. The smallest absolute Gasteiger partial charge is 0.239 e. The first kappa shape index (κ1) is 15.4. The molecule has 0 atom stereocenters. The van der Waals surface area contributed by atoms with E-state index in [-0.39, 0.29) is 18.3 Å². The second-order valence-corrected chi connectivity index (χ2v) is 4.41. The standard InChI is InChI=1S/C14H22FN3O/c1-4-7-18(10-14(19)17-3)13-6-5-11(9-16-2)8-12(13)15/h5-6,8,16H,4,7,9-10H2,1-3H3,(H,17,19). The van der Waals surface area contributed by atoms with Crippen LogP contribution in [0.5, 0.6) is 0 Å². The van der Waals surface area contributed by atoms with E-state index in [1.165, 1.54) is 6.07 Å². The number of halogens is 1. The molecule has 1 aromatic carbocycles. The van der Waals surface area contributed by atoms with Crippen molar-refractivity contribution >= 4 is 11.6 Å². The summed E-state index contributed by atoms with van der Waals surface area (Å²) in [6.45, 7) is 3.45. The molecule has 0 spiro atoms. The Hall–Kier alpha value is -1.62. The van der Waals surface area contributed by atoms with E-state index in [9.17, 15) is 9.18 Å². The molecule has 0 saturated carbocycles. The van der Waals surface area contributed by atoms with Crippen molar-refractivity contribution in [2.75, 3.05) is 32.1 Å². The van der Waals surface area contributed by atoms with Crippen LogP contribution in [0.4, 0.5) is 10.1 Å². The third-order valence-electron chi connectivity index (χ3n) is 2.84. The largest absolute Gasteiger partial charge is 0.360 e. The normalized spacial score (nSPS) is 10.3. The van der Waals surface area contributed by atoms with Crippen LogP contribution < -0.4 is 15.5 Å². The summed E-state index contributed by atoms with van der Waals surface area (Å²) >= 11 is 0. The minimum absolute atomic E-state index is 0.118. The highest BCUT2D eigenvalue weighted by Crippen LogP contribution is 2.20. The summed E-state index contributed by atoms with van der Waals surface area (Å²) in [5.41, 5.74) is 1.37. The average Bonchev–Trinajstić information content (AvgIpc) is 2.39. The molecule has 0 aliphatic carbocycles. The van der Waals surface area contributed by atoms with E-state index in [2.05, 4.69) is 10.6 Å². The van der Waals surface area contributed by atoms with Crippen molar-refractivity contribution in [1.82, 2.24) is 10.6 Å². The first-order valence-electron chi connectivity index (χ1n) is 6.50. The summed E-state index contributed by atoms with van der Waals surface area (Å²) in [6.07, 6.45) is 0.856. The quantitative estimate of drug-likeness (QED) is 0.787. The molecule has 19 heavy (non-hydrogen) atoms. The second kappa shape index (κ2) is 7.74. The topological polar surface area (TPSA) is 44.4 Å². The fourth-order valence-electron chi connectivity index (χ4n) is 1.93. The summed E-state index contributed by atoms with van der Waals surface area (Å²) in [5.74, 6) is -0.405. The Kier molecular flexibility index (Phi) is 6.29. The van der Waals surface area contributed by atoms with Crippen LogP contribution in [0.1, 0.15) is 18.9 Å². The Bertz CT molecular complexity index is 423. The van der Waals surface area contributed by atoms with Crippen molar-refractivity contribution in [3.05, 3.63) is 29.6 Å². The molecule has 0 radical (unpaired) electrons. The molecule has 5 heteroatoms. The number of likely N-dealkylation sites (N-methyl/N-ethyl adjacent to an activating group) is 1. The van der Waals surface area contributed by atoms with Crippen LogP contribution >= 0.6 is 0 Å². The average molecular weight is 267 g/mol.